The first-order chi connectivity index (χ1) is 9.10. The van der Waals surface area contributed by atoms with E-state index in [2.05, 4.69) is 11.9 Å². The SMILES string of the molecule is CCCc1[nH]c2cccc(C(=O)OC)c2c1C(C)=O. The Hall–Kier alpha value is -2.10. The zero-order valence-electron chi connectivity index (χ0n) is 11.4. The van der Waals surface area contributed by atoms with E-state index in [1.165, 1.54) is 14.0 Å². The van der Waals surface area contributed by atoms with E-state index >= 15 is 0 Å². The first-order valence-electron chi connectivity index (χ1n) is 6.33. The zero-order chi connectivity index (χ0) is 14.0. The molecule has 2 rings (SSSR count). The molecule has 0 fully saturated rings. The molecule has 4 heteroatoms. The second-order valence-electron chi connectivity index (χ2n) is 4.50. The van der Waals surface area contributed by atoms with E-state index in [-0.39, 0.29) is 5.78 Å². The Balaban J connectivity index is 2.79. The van der Waals surface area contributed by atoms with Gasteiger partial charge in [0.2, 0.25) is 0 Å². The molecule has 0 bridgehead atoms. The summed E-state index contributed by atoms with van der Waals surface area (Å²) in [5.74, 6) is -0.457. The van der Waals surface area contributed by atoms with E-state index in [1.807, 2.05) is 6.07 Å². The molecule has 0 spiro atoms. The van der Waals surface area contributed by atoms with E-state index in [4.69, 9.17) is 4.74 Å². The van der Waals surface area contributed by atoms with Gasteiger partial charge in [0.05, 0.1) is 12.7 Å². The summed E-state index contributed by atoms with van der Waals surface area (Å²) in [4.78, 5) is 27.0. The molecule has 0 radical (unpaired) electrons. The van der Waals surface area contributed by atoms with E-state index < -0.39 is 5.97 Å². The molecule has 0 aliphatic heterocycles. The minimum Gasteiger partial charge on any atom is -0.465 e. The largest absolute Gasteiger partial charge is 0.465 e. The molecule has 0 saturated carbocycles. The van der Waals surface area contributed by atoms with Crippen LogP contribution in [0.3, 0.4) is 0 Å². The standard InChI is InChI=1S/C15H17NO3/c1-4-6-11-13(9(2)17)14-10(15(18)19-3)7-5-8-12(14)16-11/h5,7-8,16H,4,6H2,1-3H3. The van der Waals surface area contributed by atoms with Gasteiger partial charge in [0.1, 0.15) is 0 Å². The van der Waals surface area contributed by atoms with Crippen LogP contribution in [0.25, 0.3) is 10.9 Å². The quantitative estimate of drug-likeness (QED) is 0.678. The first-order valence-corrected chi connectivity index (χ1v) is 6.33. The number of H-pyrrole nitrogens is 1. The van der Waals surface area contributed by atoms with Gasteiger partial charge < -0.3 is 9.72 Å². The van der Waals surface area contributed by atoms with Crippen LogP contribution in [0.15, 0.2) is 18.2 Å². The van der Waals surface area contributed by atoms with Crippen LogP contribution in [0.1, 0.15) is 46.7 Å². The van der Waals surface area contributed by atoms with Crippen molar-refractivity contribution in [3.63, 3.8) is 0 Å². The average Bonchev–Trinajstić information content (AvgIpc) is 2.76. The van der Waals surface area contributed by atoms with E-state index in [0.29, 0.717) is 16.5 Å². The van der Waals surface area contributed by atoms with E-state index in [0.717, 1.165) is 24.1 Å². The van der Waals surface area contributed by atoms with Crippen molar-refractivity contribution in [2.45, 2.75) is 26.7 Å². The number of methoxy groups -OCH3 is 1. The summed E-state index contributed by atoms with van der Waals surface area (Å²) in [6.45, 7) is 3.58. The van der Waals surface area contributed by atoms with Crippen LogP contribution in [-0.2, 0) is 11.2 Å². The molecule has 0 amide bonds. The number of esters is 1. The number of rotatable bonds is 4. The fourth-order valence-electron chi connectivity index (χ4n) is 2.41. The maximum atomic E-state index is 11.9. The molecule has 2 aromatic rings. The monoisotopic (exact) mass is 259 g/mol. The first kappa shape index (κ1) is 13.3. The van der Waals surface area contributed by atoms with Crippen LogP contribution < -0.4 is 0 Å². The summed E-state index contributed by atoms with van der Waals surface area (Å²) >= 11 is 0. The van der Waals surface area contributed by atoms with E-state index in [1.54, 1.807) is 12.1 Å². The van der Waals surface area contributed by atoms with Gasteiger partial charge in [-0.15, -0.1) is 0 Å². The molecule has 0 saturated heterocycles. The number of benzene rings is 1. The van der Waals surface area contributed by atoms with Crippen molar-refractivity contribution in [1.29, 1.82) is 0 Å². The Morgan fingerprint density at radius 2 is 2.05 bits per heavy atom. The topological polar surface area (TPSA) is 59.2 Å². The lowest BCUT2D eigenvalue weighted by Crippen LogP contribution is -2.04. The second kappa shape index (κ2) is 5.26. The Labute approximate surface area is 111 Å². The van der Waals surface area contributed by atoms with Gasteiger partial charge in [-0.1, -0.05) is 19.4 Å². The minimum absolute atomic E-state index is 0.0361. The van der Waals surface area contributed by atoms with Gasteiger partial charge in [-0.2, -0.15) is 0 Å². The molecule has 1 aromatic carbocycles. The van der Waals surface area contributed by atoms with Gasteiger partial charge in [0.15, 0.2) is 5.78 Å². The molecular weight excluding hydrogens is 242 g/mol. The number of aromatic amines is 1. The molecule has 0 aliphatic carbocycles. The van der Waals surface area contributed by atoms with Crippen molar-refractivity contribution < 1.29 is 14.3 Å². The number of nitrogens with one attached hydrogen (secondary N) is 1. The normalized spacial score (nSPS) is 10.7. The van der Waals surface area contributed by atoms with Crippen LogP contribution in [0.5, 0.6) is 0 Å². The van der Waals surface area contributed by atoms with Gasteiger partial charge in [-0.05, 0) is 25.5 Å². The number of carbonyl (C=O) groups is 2. The molecule has 0 aliphatic rings. The van der Waals surface area contributed by atoms with Crippen molar-refractivity contribution in [3.05, 3.63) is 35.0 Å². The molecular formula is C15H17NO3. The number of ether oxygens (including phenoxy) is 1. The third-order valence-corrected chi connectivity index (χ3v) is 3.16. The number of carbonyl (C=O) groups excluding carboxylic acids is 2. The highest BCUT2D eigenvalue weighted by Crippen LogP contribution is 2.28. The third kappa shape index (κ3) is 2.26. The van der Waals surface area contributed by atoms with Crippen LogP contribution in [-0.4, -0.2) is 23.8 Å². The summed E-state index contributed by atoms with van der Waals surface area (Å²) in [5, 5.41) is 0.672. The maximum absolute atomic E-state index is 11.9. The smallest absolute Gasteiger partial charge is 0.338 e. The van der Waals surface area contributed by atoms with Gasteiger partial charge in [-0.3, -0.25) is 4.79 Å². The Kier molecular flexibility index (Phi) is 3.69. The number of Topliss-reactive ketones (excluding diaryl/α,β-unsaturated/α-hetero) is 1. The van der Waals surface area contributed by atoms with Crippen molar-refractivity contribution in [1.82, 2.24) is 4.98 Å². The van der Waals surface area contributed by atoms with Gasteiger partial charge in [0, 0.05) is 22.2 Å². The Bertz CT molecular complexity index is 640. The number of hydrogen-bond acceptors (Lipinski definition) is 3. The number of hydrogen-bond donors (Lipinski definition) is 1. The molecule has 1 aromatic heterocycles. The summed E-state index contributed by atoms with van der Waals surface area (Å²) in [7, 11) is 1.34. The summed E-state index contributed by atoms with van der Waals surface area (Å²) < 4.78 is 4.78. The molecule has 0 atom stereocenters. The fourth-order valence-corrected chi connectivity index (χ4v) is 2.41. The summed E-state index contributed by atoms with van der Waals surface area (Å²) in [6.07, 6.45) is 1.71. The van der Waals surface area contributed by atoms with Crippen LogP contribution in [0.2, 0.25) is 0 Å². The third-order valence-electron chi connectivity index (χ3n) is 3.16. The fraction of sp³-hybridized carbons (Fsp3) is 0.333. The molecule has 0 unspecified atom stereocenters. The van der Waals surface area contributed by atoms with Crippen molar-refractivity contribution >= 4 is 22.7 Å². The van der Waals surface area contributed by atoms with Crippen molar-refractivity contribution in [2.24, 2.45) is 0 Å². The lowest BCUT2D eigenvalue weighted by molar-refractivity contribution is 0.0603. The average molecular weight is 259 g/mol. The molecule has 4 nitrogen and oxygen atoms in total. The highest BCUT2D eigenvalue weighted by molar-refractivity contribution is 6.15. The summed E-state index contributed by atoms with van der Waals surface area (Å²) in [6, 6.07) is 5.34. The Morgan fingerprint density at radius 1 is 1.32 bits per heavy atom. The Morgan fingerprint density at radius 3 is 2.63 bits per heavy atom. The van der Waals surface area contributed by atoms with Gasteiger partial charge in [-0.25, -0.2) is 4.79 Å². The van der Waals surface area contributed by atoms with Crippen molar-refractivity contribution in [3.8, 4) is 0 Å². The number of aromatic nitrogens is 1. The predicted molar refractivity (Wildman–Crippen MR) is 73.6 cm³/mol. The highest BCUT2D eigenvalue weighted by atomic mass is 16.5. The lowest BCUT2D eigenvalue weighted by Gasteiger charge is -2.03. The van der Waals surface area contributed by atoms with Crippen LogP contribution >= 0.6 is 0 Å². The van der Waals surface area contributed by atoms with Crippen LogP contribution in [0.4, 0.5) is 0 Å². The lowest BCUT2D eigenvalue weighted by atomic mass is 10.0. The van der Waals surface area contributed by atoms with Crippen molar-refractivity contribution in [2.75, 3.05) is 7.11 Å². The van der Waals surface area contributed by atoms with Gasteiger partial charge >= 0.3 is 5.97 Å². The molecule has 19 heavy (non-hydrogen) atoms. The maximum Gasteiger partial charge on any atom is 0.338 e. The van der Waals surface area contributed by atoms with E-state index in [9.17, 15) is 9.59 Å². The number of aryl methyl sites for hydroxylation is 1. The number of fused-ring (bicyclic) bond motifs is 1. The zero-order valence-corrected chi connectivity index (χ0v) is 11.4. The molecule has 100 valence electrons. The van der Waals surface area contributed by atoms with Crippen LogP contribution in [0, 0.1) is 0 Å². The molecule has 1 N–H and O–H groups in total. The molecule has 1 heterocycles. The highest BCUT2D eigenvalue weighted by Gasteiger charge is 2.20. The summed E-state index contributed by atoms with van der Waals surface area (Å²) in [5.41, 5.74) is 2.74. The second-order valence-corrected chi connectivity index (χ2v) is 4.50. The van der Waals surface area contributed by atoms with Gasteiger partial charge in [0.25, 0.3) is 0 Å². The number of ketones is 1. The minimum atomic E-state index is -0.421. The predicted octanol–water partition coefficient (Wildman–Crippen LogP) is 3.11.